The average Bonchev–Trinajstić information content (AvgIpc) is 3.06. The van der Waals surface area contributed by atoms with Crippen LogP contribution < -0.4 is 16.0 Å². The monoisotopic (exact) mass is 364 g/mol. The van der Waals surface area contributed by atoms with Gasteiger partial charge in [-0.1, -0.05) is 6.42 Å². The summed E-state index contributed by atoms with van der Waals surface area (Å²) in [5, 5.41) is 22.1. The Morgan fingerprint density at radius 2 is 1.81 bits per heavy atom. The van der Waals surface area contributed by atoms with Crippen LogP contribution in [-0.4, -0.2) is 73.4 Å². The Labute approximate surface area is 157 Å². The SMILES string of the molecule is OC1CCCC(C2NC3C4CCCNC4CC3C(N3CCOCC3)N2)C1. The van der Waals surface area contributed by atoms with E-state index in [0.29, 0.717) is 36.3 Å². The van der Waals surface area contributed by atoms with Crippen molar-refractivity contribution < 1.29 is 9.84 Å². The highest BCUT2D eigenvalue weighted by atomic mass is 16.5. The van der Waals surface area contributed by atoms with Crippen molar-refractivity contribution in [1.29, 1.82) is 0 Å². The van der Waals surface area contributed by atoms with Crippen LogP contribution in [0.4, 0.5) is 0 Å². The molecule has 0 amide bonds. The standard InChI is InChI=1S/C20H36N4O2/c25-14-4-1-3-13(11-14)19-22-18-15-5-2-6-21-17(15)12-16(18)20(23-19)24-7-9-26-10-8-24/h13-23,25H,1-12H2. The molecule has 6 nitrogen and oxygen atoms in total. The van der Waals surface area contributed by atoms with E-state index in [1.54, 1.807) is 0 Å². The summed E-state index contributed by atoms with van der Waals surface area (Å²) in [4.78, 5) is 2.64. The van der Waals surface area contributed by atoms with E-state index >= 15 is 0 Å². The Morgan fingerprint density at radius 3 is 2.65 bits per heavy atom. The van der Waals surface area contributed by atoms with Gasteiger partial charge in [0.1, 0.15) is 0 Å². The molecule has 8 atom stereocenters. The molecule has 0 aromatic rings. The highest BCUT2D eigenvalue weighted by Gasteiger charge is 2.52. The van der Waals surface area contributed by atoms with Gasteiger partial charge in [-0.15, -0.1) is 0 Å². The molecule has 3 saturated heterocycles. The fraction of sp³-hybridized carbons (Fsp3) is 1.00. The number of hydrogen-bond acceptors (Lipinski definition) is 6. The van der Waals surface area contributed by atoms with Crippen molar-refractivity contribution in [2.24, 2.45) is 17.8 Å². The molecule has 5 fully saturated rings. The van der Waals surface area contributed by atoms with Crippen LogP contribution in [0.5, 0.6) is 0 Å². The molecule has 0 spiro atoms. The first-order valence-corrected chi connectivity index (χ1v) is 11.0. The molecule has 8 unspecified atom stereocenters. The predicted molar refractivity (Wildman–Crippen MR) is 101 cm³/mol. The van der Waals surface area contributed by atoms with Crippen LogP contribution >= 0.6 is 0 Å². The number of piperidine rings is 1. The Morgan fingerprint density at radius 1 is 0.923 bits per heavy atom. The van der Waals surface area contributed by atoms with E-state index < -0.39 is 0 Å². The lowest BCUT2D eigenvalue weighted by Crippen LogP contribution is -2.70. The molecular formula is C20H36N4O2. The highest BCUT2D eigenvalue weighted by molar-refractivity contribution is 5.08. The van der Waals surface area contributed by atoms with Crippen molar-refractivity contribution in [2.45, 2.75) is 75.5 Å². The summed E-state index contributed by atoms with van der Waals surface area (Å²) in [7, 11) is 0. The molecule has 2 saturated carbocycles. The molecule has 6 heteroatoms. The number of aliphatic hydroxyl groups is 1. The lowest BCUT2D eigenvalue weighted by atomic mass is 9.81. The molecular weight excluding hydrogens is 328 g/mol. The number of hydrogen-bond donors (Lipinski definition) is 4. The van der Waals surface area contributed by atoms with E-state index in [4.69, 9.17) is 4.74 Å². The summed E-state index contributed by atoms with van der Waals surface area (Å²) in [6.45, 7) is 5.00. The number of rotatable bonds is 2. The van der Waals surface area contributed by atoms with E-state index in [-0.39, 0.29) is 6.10 Å². The molecule has 148 valence electrons. The van der Waals surface area contributed by atoms with E-state index in [9.17, 15) is 5.11 Å². The molecule has 26 heavy (non-hydrogen) atoms. The Kier molecular flexibility index (Phi) is 5.24. The summed E-state index contributed by atoms with van der Waals surface area (Å²) in [6.07, 6.45) is 9.00. The maximum atomic E-state index is 10.2. The van der Waals surface area contributed by atoms with Gasteiger partial charge < -0.3 is 15.2 Å². The number of nitrogens with zero attached hydrogens (tertiary/aromatic N) is 1. The summed E-state index contributed by atoms with van der Waals surface area (Å²) < 4.78 is 5.62. The fourth-order valence-corrected chi connectivity index (χ4v) is 6.57. The van der Waals surface area contributed by atoms with Crippen LogP contribution in [0, 0.1) is 17.8 Å². The van der Waals surface area contributed by atoms with E-state index in [0.717, 1.165) is 51.5 Å². The van der Waals surface area contributed by atoms with Crippen molar-refractivity contribution in [3.05, 3.63) is 0 Å². The second kappa shape index (κ2) is 7.64. The van der Waals surface area contributed by atoms with Crippen molar-refractivity contribution in [3.63, 3.8) is 0 Å². The van der Waals surface area contributed by atoms with Crippen LogP contribution in [-0.2, 0) is 4.74 Å². The minimum absolute atomic E-state index is 0.107. The molecule has 0 aromatic heterocycles. The lowest BCUT2D eigenvalue weighted by Gasteiger charge is -2.50. The summed E-state index contributed by atoms with van der Waals surface area (Å²) >= 11 is 0. The van der Waals surface area contributed by atoms with Gasteiger partial charge in [-0.2, -0.15) is 0 Å². The minimum Gasteiger partial charge on any atom is -0.393 e. The van der Waals surface area contributed by atoms with Gasteiger partial charge in [0.2, 0.25) is 0 Å². The van der Waals surface area contributed by atoms with Crippen molar-refractivity contribution in [2.75, 3.05) is 32.8 Å². The van der Waals surface area contributed by atoms with Crippen molar-refractivity contribution in [1.82, 2.24) is 20.9 Å². The molecule has 3 heterocycles. The summed E-state index contributed by atoms with van der Waals surface area (Å²) in [5.74, 6) is 2.01. The van der Waals surface area contributed by atoms with Crippen LogP contribution in [0.2, 0.25) is 0 Å². The second-order valence-electron chi connectivity index (χ2n) is 9.28. The first-order chi connectivity index (χ1) is 12.8. The lowest BCUT2D eigenvalue weighted by molar-refractivity contribution is -0.0422. The topological polar surface area (TPSA) is 68.8 Å². The summed E-state index contributed by atoms with van der Waals surface area (Å²) in [5.41, 5.74) is 0. The third-order valence-corrected chi connectivity index (χ3v) is 7.81. The maximum absolute atomic E-state index is 10.2. The maximum Gasteiger partial charge on any atom is 0.0655 e. The van der Waals surface area contributed by atoms with Crippen molar-refractivity contribution >= 4 is 0 Å². The Balaban J connectivity index is 1.37. The number of nitrogens with one attached hydrogen (secondary N) is 3. The fourth-order valence-electron chi connectivity index (χ4n) is 6.57. The number of ether oxygens (including phenoxy) is 1. The Hall–Kier alpha value is -0.240. The average molecular weight is 365 g/mol. The second-order valence-corrected chi connectivity index (χ2v) is 9.28. The Bertz CT molecular complexity index is 486. The molecule has 2 aliphatic carbocycles. The van der Waals surface area contributed by atoms with Gasteiger partial charge in [0.05, 0.1) is 31.6 Å². The zero-order valence-corrected chi connectivity index (χ0v) is 15.9. The number of morpholine rings is 1. The normalized spacial score (nSPS) is 50.2. The van der Waals surface area contributed by atoms with Gasteiger partial charge in [0.15, 0.2) is 0 Å². The van der Waals surface area contributed by atoms with Crippen molar-refractivity contribution in [3.8, 4) is 0 Å². The molecule has 0 radical (unpaired) electrons. The van der Waals surface area contributed by atoms with E-state index in [1.165, 1.54) is 32.2 Å². The highest BCUT2D eigenvalue weighted by Crippen LogP contribution is 2.42. The van der Waals surface area contributed by atoms with Gasteiger partial charge >= 0.3 is 0 Å². The molecule has 5 rings (SSSR count). The molecule has 5 aliphatic rings. The number of fused-ring (bicyclic) bond motifs is 3. The third kappa shape index (κ3) is 3.33. The molecule has 3 aliphatic heterocycles. The van der Waals surface area contributed by atoms with E-state index in [2.05, 4.69) is 20.9 Å². The molecule has 4 N–H and O–H groups in total. The van der Waals surface area contributed by atoms with Gasteiger partial charge in [-0.3, -0.25) is 15.5 Å². The van der Waals surface area contributed by atoms with Gasteiger partial charge in [-0.25, -0.2) is 0 Å². The summed E-state index contributed by atoms with van der Waals surface area (Å²) in [6, 6.07) is 1.30. The first kappa shape index (κ1) is 17.8. The zero-order valence-electron chi connectivity index (χ0n) is 15.9. The minimum atomic E-state index is -0.107. The van der Waals surface area contributed by atoms with Gasteiger partial charge in [-0.05, 0) is 56.9 Å². The number of aliphatic hydroxyl groups excluding tert-OH is 1. The van der Waals surface area contributed by atoms with Crippen LogP contribution in [0.1, 0.15) is 44.9 Å². The van der Waals surface area contributed by atoms with Gasteiger partial charge in [0.25, 0.3) is 0 Å². The smallest absolute Gasteiger partial charge is 0.0655 e. The van der Waals surface area contributed by atoms with E-state index in [1.807, 2.05) is 0 Å². The van der Waals surface area contributed by atoms with Crippen LogP contribution in [0.15, 0.2) is 0 Å². The van der Waals surface area contributed by atoms with Crippen LogP contribution in [0.25, 0.3) is 0 Å². The molecule has 0 aromatic carbocycles. The third-order valence-electron chi connectivity index (χ3n) is 7.81. The molecule has 0 bridgehead atoms. The van der Waals surface area contributed by atoms with Gasteiger partial charge in [0, 0.05) is 31.1 Å². The zero-order chi connectivity index (χ0) is 17.5. The predicted octanol–water partition coefficient (Wildman–Crippen LogP) is 0.471. The van der Waals surface area contributed by atoms with Crippen LogP contribution in [0.3, 0.4) is 0 Å². The quantitative estimate of drug-likeness (QED) is 0.571. The largest absolute Gasteiger partial charge is 0.393 e. The first-order valence-electron chi connectivity index (χ1n) is 11.0.